The van der Waals surface area contributed by atoms with Gasteiger partial charge in [0.15, 0.2) is 0 Å². The molecule has 0 bridgehead atoms. The monoisotopic (exact) mass is 346 g/mol. The number of benzene rings is 1. The molecule has 0 atom stereocenters. The van der Waals surface area contributed by atoms with E-state index in [-0.39, 0.29) is 5.97 Å². The Bertz CT molecular complexity index is 380. The van der Waals surface area contributed by atoms with Crippen LogP contribution in [0.2, 0.25) is 10.0 Å². The number of halogens is 2. The summed E-state index contributed by atoms with van der Waals surface area (Å²) in [5.41, 5.74) is 0. The van der Waals surface area contributed by atoms with Crippen molar-refractivity contribution < 1.29 is 9.53 Å². The van der Waals surface area contributed by atoms with Gasteiger partial charge in [0.05, 0.1) is 0 Å². The summed E-state index contributed by atoms with van der Waals surface area (Å²) in [5.74, 6) is 0.303. The SMILES string of the molecule is CCCC(=O)Oc1ccc(Cl)c(Cl)[c]1[In]. The van der Waals surface area contributed by atoms with Crippen molar-refractivity contribution in [1.29, 1.82) is 0 Å². The van der Waals surface area contributed by atoms with Crippen LogP contribution < -0.4 is 8.06 Å². The number of esters is 1. The second-order valence-electron chi connectivity index (χ2n) is 3.00. The molecule has 0 saturated carbocycles. The van der Waals surface area contributed by atoms with Gasteiger partial charge in [-0.3, -0.25) is 0 Å². The van der Waals surface area contributed by atoms with Gasteiger partial charge in [0.25, 0.3) is 0 Å². The number of ether oxygens (including phenoxy) is 1. The van der Waals surface area contributed by atoms with Crippen molar-refractivity contribution in [3.8, 4) is 5.75 Å². The molecule has 0 N–H and O–H groups in total. The Kier molecular flexibility index (Phi) is 5.30. The fourth-order valence-electron chi connectivity index (χ4n) is 1.02. The molecule has 78 valence electrons. The van der Waals surface area contributed by atoms with Crippen molar-refractivity contribution in [3.05, 3.63) is 22.2 Å². The van der Waals surface area contributed by atoms with Crippen molar-refractivity contribution in [1.82, 2.24) is 0 Å². The topological polar surface area (TPSA) is 26.3 Å². The van der Waals surface area contributed by atoms with Crippen LogP contribution in [-0.2, 0) is 4.79 Å². The molecule has 2 nitrogen and oxygen atoms in total. The fourth-order valence-corrected chi connectivity index (χ4v) is 2.48. The van der Waals surface area contributed by atoms with Crippen LogP contribution in [0.3, 0.4) is 0 Å². The zero-order valence-electron chi connectivity index (χ0n) is 8.22. The third-order valence-electron chi connectivity index (χ3n) is 1.77. The van der Waals surface area contributed by atoms with Crippen molar-refractivity contribution >= 4 is 56.9 Å². The van der Waals surface area contributed by atoms with E-state index in [1.54, 1.807) is 12.1 Å². The van der Waals surface area contributed by atoms with Crippen LogP contribution in [0, 0.1) is 0 Å². The van der Waals surface area contributed by atoms with Crippen LogP contribution >= 0.6 is 23.2 Å². The molecule has 1 aromatic rings. The molecule has 0 spiro atoms. The summed E-state index contributed by atoms with van der Waals surface area (Å²) >= 11 is 12.5. The van der Waals surface area contributed by atoms with Gasteiger partial charge in [-0.1, -0.05) is 0 Å². The first-order chi connectivity index (χ1) is 7.06. The third-order valence-corrected chi connectivity index (χ3v) is 4.75. The van der Waals surface area contributed by atoms with Gasteiger partial charge in [0.1, 0.15) is 0 Å². The molecule has 1 aromatic carbocycles. The normalized spacial score (nSPS) is 10.1. The van der Waals surface area contributed by atoms with Crippen molar-refractivity contribution in [3.63, 3.8) is 0 Å². The minimum atomic E-state index is -0.230. The van der Waals surface area contributed by atoms with E-state index in [0.29, 0.717) is 22.2 Å². The van der Waals surface area contributed by atoms with E-state index in [9.17, 15) is 4.79 Å². The Morgan fingerprint density at radius 1 is 1.47 bits per heavy atom. The zero-order valence-corrected chi connectivity index (χ0v) is 13.0. The molecule has 0 aliphatic heterocycles. The minimum absolute atomic E-state index is 0.230. The van der Waals surface area contributed by atoms with Gasteiger partial charge in [-0.2, -0.15) is 0 Å². The Labute approximate surface area is 113 Å². The van der Waals surface area contributed by atoms with Gasteiger partial charge < -0.3 is 0 Å². The van der Waals surface area contributed by atoms with E-state index >= 15 is 0 Å². The predicted molar refractivity (Wildman–Crippen MR) is 62.4 cm³/mol. The van der Waals surface area contributed by atoms with Crippen LogP contribution in [0.25, 0.3) is 0 Å². The van der Waals surface area contributed by atoms with Gasteiger partial charge in [-0.25, -0.2) is 0 Å². The summed E-state index contributed by atoms with van der Waals surface area (Å²) in [4.78, 5) is 11.3. The Morgan fingerprint density at radius 2 is 2.13 bits per heavy atom. The molecule has 15 heavy (non-hydrogen) atoms. The van der Waals surface area contributed by atoms with Crippen LogP contribution in [0.1, 0.15) is 19.8 Å². The third kappa shape index (κ3) is 3.58. The molecular formula is C10H9Cl2InO2. The summed E-state index contributed by atoms with van der Waals surface area (Å²) in [6.45, 7) is 1.93. The number of hydrogen-bond donors (Lipinski definition) is 0. The number of hydrogen-bond acceptors (Lipinski definition) is 2. The van der Waals surface area contributed by atoms with E-state index in [1.807, 2.05) is 6.92 Å². The second kappa shape index (κ2) is 6.02. The van der Waals surface area contributed by atoms with Gasteiger partial charge in [-0.05, 0) is 0 Å². The van der Waals surface area contributed by atoms with E-state index < -0.39 is 0 Å². The summed E-state index contributed by atoms with van der Waals surface area (Å²) in [5, 5.41) is 0.982. The first-order valence-corrected chi connectivity index (χ1v) is 6.90. The number of rotatable bonds is 3. The summed E-state index contributed by atoms with van der Waals surface area (Å²) in [7, 11) is 0. The molecule has 5 heteroatoms. The van der Waals surface area contributed by atoms with Gasteiger partial charge in [0, 0.05) is 0 Å². The van der Waals surface area contributed by atoms with Crippen molar-refractivity contribution in [2.24, 2.45) is 0 Å². The average molecular weight is 347 g/mol. The fraction of sp³-hybridized carbons (Fsp3) is 0.300. The maximum absolute atomic E-state index is 11.3. The Hall–Kier alpha value is 0.140. The Balaban J connectivity index is 2.87. The van der Waals surface area contributed by atoms with Crippen LogP contribution in [-0.4, -0.2) is 30.3 Å². The number of carbonyl (C=O) groups excluding carboxylic acids is 1. The van der Waals surface area contributed by atoms with Crippen LogP contribution in [0.4, 0.5) is 0 Å². The molecule has 0 amide bonds. The van der Waals surface area contributed by atoms with E-state index in [2.05, 4.69) is 0 Å². The molecule has 0 aliphatic carbocycles. The van der Waals surface area contributed by atoms with E-state index in [1.165, 1.54) is 0 Å². The standard InChI is InChI=1S/C10H9Cl2O2.In/c1-2-3-10(13)14-7-4-5-8(11)9(12)6-7;/h4-5H,2-3H2,1H3;. The van der Waals surface area contributed by atoms with Crippen LogP contribution in [0.15, 0.2) is 12.1 Å². The maximum atomic E-state index is 11.3. The summed E-state index contributed by atoms with van der Waals surface area (Å²) in [6.07, 6.45) is 1.19. The van der Waals surface area contributed by atoms with E-state index in [4.69, 9.17) is 27.9 Å². The second-order valence-corrected chi connectivity index (χ2v) is 5.43. The van der Waals surface area contributed by atoms with Gasteiger partial charge in [-0.15, -0.1) is 0 Å². The molecule has 1 rings (SSSR count). The van der Waals surface area contributed by atoms with E-state index in [0.717, 1.165) is 34.1 Å². The van der Waals surface area contributed by atoms with Gasteiger partial charge in [0.2, 0.25) is 0 Å². The number of carbonyl (C=O) groups is 1. The first kappa shape index (κ1) is 13.2. The van der Waals surface area contributed by atoms with Crippen molar-refractivity contribution in [2.75, 3.05) is 0 Å². The first-order valence-electron chi connectivity index (χ1n) is 4.50. The van der Waals surface area contributed by atoms with Crippen LogP contribution in [0.5, 0.6) is 5.75 Å². The summed E-state index contributed by atoms with van der Waals surface area (Å²) in [6, 6.07) is 3.32. The summed E-state index contributed by atoms with van der Waals surface area (Å²) < 4.78 is 5.99. The molecule has 2 radical (unpaired) electrons. The predicted octanol–water partition coefficient (Wildman–Crippen LogP) is 2.49. The average Bonchev–Trinajstić information content (AvgIpc) is 2.20. The molecule has 0 aromatic heterocycles. The van der Waals surface area contributed by atoms with Crippen molar-refractivity contribution in [2.45, 2.75) is 19.8 Å². The molecule has 0 heterocycles. The molecule has 0 saturated heterocycles. The van der Waals surface area contributed by atoms with Gasteiger partial charge >= 0.3 is 114 Å². The Morgan fingerprint density at radius 3 is 2.73 bits per heavy atom. The molecule has 0 unspecified atom stereocenters. The molecular weight excluding hydrogens is 338 g/mol. The molecule has 0 aliphatic rings. The zero-order chi connectivity index (χ0) is 11.4. The molecule has 0 fully saturated rings. The quantitative estimate of drug-likeness (QED) is 0.621.